The third-order valence-electron chi connectivity index (χ3n) is 4.09. The smallest absolute Gasteiger partial charge is 0.220 e. The van der Waals surface area contributed by atoms with E-state index in [1.54, 1.807) is 0 Å². The van der Waals surface area contributed by atoms with E-state index in [0.717, 1.165) is 23.6 Å². The van der Waals surface area contributed by atoms with Gasteiger partial charge in [-0.05, 0) is 49.4 Å². The first-order chi connectivity index (χ1) is 10.1. The van der Waals surface area contributed by atoms with Crippen LogP contribution in [-0.4, -0.2) is 18.5 Å². The minimum atomic E-state index is 0. The summed E-state index contributed by atoms with van der Waals surface area (Å²) in [6.07, 6.45) is 3.94. The van der Waals surface area contributed by atoms with Crippen LogP contribution in [0.3, 0.4) is 0 Å². The largest absolute Gasteiger partial charge is 0.349 e. The molecular weight excluding hydrogens is 319 g/mol. The lowest BCUT2D eigenvalue weighted by molar-refractivity contribution is -0.122. The van der Waals surface area contributed by atoms with Gasteiger partial charge in [0.2, 0.25) is 5.91 Å². The highest BCUT2D eigenvalue weighted by molar-refractivity contribution is 6.30. The number of rotatable bonds is 6. The van der Waals surface area contributed by atoms with E-state index >= 15 is 0 Å². The van der Waals surface area contributed by atoms with Crippen molar-refractivity contribution in [3.05, 3.63) is 34.9 Å². The van der Waals surface area contributed by atoms with Crippen molar-refractivity contribution in [1.29, 1.82) is 0 Å². The zero-order valence-corrected chi connectivity index (χ0v) is 14.8. The predicted octanol–water partition coefficient (Wildman–Crippen LogP) is 4.11. The normalized spacial score (nSPS) is 18.8. The molecule has 0 saturated carbocycles. The van der Waals surface area contributed by atoms with Crippen molar-refractivity contribution in [1.82, 2.24) is 10.6 Å². The molecule has 0 bridgehead atoms. The van der Waals surface area contributed by atoms with Crippen LogP contribution in [0.5, 0.6) is 0 Å². The summed E-state index contributed by atoms with van der Waals surface area (Å²) in [5, 5.41) is 7.32. The summed E-state index contributed by atoms with van der Waals surface area (Å²) in [5.41, 5.74) is 1.11. The van der Waals surface area contributed by atoms with E-state index in [9.17, 15) is 4.79 Å². The number of amides is 1. The summed E-state index contributed by atoms with van der Waals surface area (Å²) in [4.78, 5) is 12.2. The number of hydrogen-bond donors (Lipinski definition) is 2. The van der Waals surface area contributed by atoms with Gasteiger partial charge in [0.1, 0.15) is 0 Å². The van der Waals surface area contributed by atoms with Gasteiger partial charge in [-0.3, -0.25) is 4.79 Å². The van der Waals surface area contributed by atoms with Crippen molar-refractivity contribution in [2.75, 3.05) is 6.54 Å². The molecule has 1 amide bonds. The first kappa shape index (κ1) is 19.3. The van der Waals surface area contributed by atoms with Gasteiger partial charge in [0.15, 0.2) is 0 Å². The molecule has 0 radical (unpaired) electrons. The van der Waals surface area contributed by atoms with Gasteiger partial charge < -0.3 is 10.6 Å². The van der Waals surface area contributed by atoms with Crippen LogP contribution in [0.4, 0.5) is 0 Å². The number of hydrogen-bond acceptors (Lipinski definition) is 2. The Hall–Kier alpha value is -0.770. The van der Waals surface area contributed by atoms with Crippen LogP contribution in [-0.2, 0) is 4.79 Å². The van der Waals surface area contributed by atoms with Gasteiger partial charge in [0.05, 0.1) is 6.04 Å². The van der Waals surface area contributed by atoms with Gasteiger partial charge in [-0.15, -0.1) is 12.4 Å². The molecule has 124 valence electrons. The molecular formula is C17H26Cl2N2O. The van der Waals surface area contributed by atoms with Gasteiger partial charge in [0, 0.05) is 17.5 Å². The molecule has 0 aromatic heterocycles. The molecule has 1 aromatic rings. The van der Waals surface area contributed by atoms with Crippen LogP contribution in [0.25, 0.3) is 0 Å². The first-order valence-corrected chi connectivity index (χ1v) is 8.22. The third kappa shape index (κ3) is 5.79. The van der Waals surface area contributed by atoms with Gasteiger partial charge in [-0.1, -0.05) is 37.6 Å². The van der Waals surface area contributed by atoms with Crippen molar-refractivity contribution in [2.45, 2.75) is 51.6 Å². The molecule has 3 nitrogen and oxygen atoms in total. The van der Waals surface area contributed by atoms with Gasteiger partial charge in [-0.2, -0.15) is 0 Å². The number of carbonyl (C=O) groups is 1. The lowest BCUT2D eigenvalue weighted by atomic mass is 9.95. The summed E-state index contributed by atoms with van der Waals surface area (Å²) < 4.78 is 0. The molecule has 5 heteroatoms. The molecule has 1 heterocycles. The van der Waals surface area contributed by atoms with Crippen molar-refractivity contribution < 1.29 is 4.79 Å². The second-order valence-electron chi connectivity index (χ2n) is 6.17. The summed E-state index contributed by atoms with van der Waals surface area (Å²) in [7, 11) is 0. The Bertz CT molecular complexity index is 456. The Labute approximate surface area is 144 Å². The van der Waals surface area contributed by atoms with E-state index in [1.807, 2.05) is 24.3 Å². The van der Waals surface area contributed by atoms with Crippen molar-refractivity contribution in [3.63, 3.8) is 0 Å². The number of benzene rings is 1. The fraction of sp³-hybridized carbons (Fsp3) is 0.588. The highest BCUT2D eigenvalue weighted by Gasteiger charge is 2.20. The molecule has 1 aliphatic rings. The molecule has 0 aliphatic carbocycles. The number of carbonyl (C=O) groups excluding carboxylic acids is 1. The maximum absolute atomic E-state index is 12.2. The van der Waals surface area contributed by atoms with E-state index in [-0.39, 0.29) is 24.4 Å². The lowest BCUT2D eigenvalue weighted by Crippen LogP contribution is -2.33. The Morgan fingerprint density at radius 1 is 1.36 bits per heavy atom. The van der Waals surface area contributed by atoms with E-state index in [1.165, 1.54) is 12.8 Å². The van der Waals surface area contributed by atoms with E-state index in [0.29, 0.717) is 18.4 Å². The first-order valence-electron chi connectivity index (χ1n) is 7.84. The summed E-state index contributed by atoms with van der Waals surface area (Å²) in [6, 6.07) is 8.30. The third-order valence-corrected chi connectivity index (χ3v) is 4.35. The van der Waals surface area contributed by atoms with Crippen LogP contribution in [0.15, 0.2) is 24.3 Å². The molecule has 2 rings (SSSR count). The average Bonchev–Trinajstić information content (AvgIpc) is 2.97. The van der Waals surface area contributed by atoms with Gasteiger partial charge in [0.25, 0.3) is 0 Å². The Balaban J connectivity index is 0.00000242. The van der Waals surface area contributed by atoms with Crippen molar-refractivity contribution in [2.24, 2.45) is 5.92 Å². The highest BCUT2D eigenvalue weighted by Crippen LogP contribution is 2.23. The molecule has 1 fully saturated rings. The highest BCUT2D eigenvalue weighted by atomic mass is 35.5. The molecule has 1 saturated heterocycles. The quantitative estimate of drug-likeness (QED) is 0.815. The molecule has 0 spiro atoms. The SMILES string of the molecule is CC(C)C(NC(=O)CCC1CCCN1)c1ccc(Cl)cc1.Cl. The second kappa shape index (κ2) is 9.39. The van der Waals surface area contributed by atoms with E-state index < -0.39 is 0 Å². The Morgan fingerprint density at radius 3 is 2.59 bits per heavy atom. The zero-order chi connectivity index (χ0) is 15.2. The number of nitrogens with one attached hydrogen (secondary N) is 2. The van der Waals surface area contributed by atoms with E-state index in [4.69, 9.17) is 11.6 Å². The fourth-order valence-corrected chi connectivity index (χ4v) is 2.99. The molecule has 22 heavy (non-hydrogen) atoms. The van der Waals surface area contributed by atoms with Crippen LogP contribution in [0, 0.1) is 5.92 Å². The topological polar surface area (TPSA) is 41.1 Å². The van der Waals surface area contributed by atoms with Crippen LogP contribution in [0.2, 0.25) is 5.02 Å². The van der Waals surface area contributed by atoms with Crippen LogP contribution in [0.1, 0.15) is 51.1 Å². The molecule has 2 N–H and O–H groups in total. The lowest BCUT2D eigenvalue weighted by Gasteiger charge is -2.23. The van der Waals surface area contributed by atoms with Crippen molar-refractivity contribution >= 4 is 29.9 Å². The number of halogens is 2. The average molecular weight is 345 g/mol. The molecule has 2 unspecified atom stereocenters. The van der Waals surface area contributed by atoms with Gasteiger partial charge in [-0.25, -0.2) is 0 Å². The maximum atomic E-state index is 12.2. The minimum Gasteiger partial charge on any atom is -0.349 e. The van der Waals surface area contributed by atoms with Gasteiger partial charge >= 0.3 is 0 Å². The van der Waals surface area contributed by atoms with E-state index in [2.05, 4.69) is 24.5 Å². The minimum absolute atomic E-state index is 0. The standard InChI is InChI=1S/C17H25ClN2O.ClH/c1-12(2)17(13-5-7-14(18)8-6-13)20-16(21)10-9-15-4-3-11-19-15;/h5-8,12,15,17,19H,3-4,9-11H2,1-2H3,(H,20,21);1H. The monoisotopic (exact) mass is 344 g/mol. The zero-order valence-electron chi connectivity index (χ0n) is 13.3. The summed E-state index contributed by atoms with van der Waals surface area (Å²) >= 11 is 5.93. The molecule has 1 aliphatic heterocycles. The predicted molar refractivity (Wildman–Crippen MR) is 94.7 cm³/mol. The Kier molecular flexibility index (Phi) is 8.23. The summed E-state index contributed by atoms with van der Waals surface area (Å²) in [6.45, 7) is 5.34. The summed E-state index contributed by atoms with van der Waals surface area (Å²) in [5.74, 6) is 0.483. The molecule has 1 aromatic carbocycles. The molecule has 2 atom stereocenters. The Morgan fingerprint density at radius 2 is 2.05 bits per heavy atom. The second-order valence-corrected chi connectivity index (χ2v) is 6.61. The van der Waals surface area contributed by atoms with Crippen molar-refractivity contribution in [3.8, 4) is 0 Å². The fourth-order valence-electron chi connectivity index (χ4n) is 2.86. The maximum Gasteiger partial charge on any atom is 0.220 e. The van der Waals surface area contributed by atoms with Crippen LogP contribution >= 0.6 is 24.0 Å². The van der Waals surface area contributed by atoms with Crippen LogP contribution < -0.4 is 10.6 Å².